The van der Waals surface area contributed by atoms with Gasteiger partial charge in [-0.2, -0.15) is 4.68 Å². The van der Waals surface area contributed by atoms with Gasteiger partial charge in [0.25, 0.3) is 0 Å². The van der Waals surface area contributed by atoms with Crippen molar-refractivity contribution >= 4 is 28.7 Å². The summed E-state index contributed by atoms with van der Waals surface area (Å²) in [6.07, 6.45) is 2.18. The van der Waals surface area contributed by atoms with E-state index in [0.717, 1.165) is 30.2 Å². The summed E-state index contributed by atoms with van der Waals surface area (Å²) in [5.74, 6) is -1.18. The summed E-state index contributed by atoms with van der Waals surface area (Å²) < 4.78 is 47.7. The molecule has 39 heavy (non-hydrogen) atoms. The number of hydrogen-bond donors (Lipinski definition) is 2. The topological polar surface area (TPSA) is 116 Å². The van der Waals surface area contributed by atoms with Gasteiger partial charge in [-0.05, 0) is 50.8 Å². The minimum atomic E-state index is -0.982. The summed E-state index contributed by atoms with van der Waals surface area (Å²) >= 11 is 1.54. The van der Waals surface area contributed by atoms with Gasteiger partial charge in [0.05, 0.1) is 19.3 Å². The number of nitrogens with zero attached hydrogens (tertiary/aromatic N) is 5. The number of halogens is 2. The summed E-state index contributed by atoms with van der Waals surface area (Å²) in [5.41, 5.74) is 0.768. The van der Waals surface area contributed by atoms with E-state index >= 15 is 0 Å². The lowest BCUT2D eigenvalue weighted by Crippen LogP contribution is -2.44. The fourth-order valence-corrected chi connectivity index (χ4v) is 6.35. The van der Waals surface area contributed by atoms with Crippen LogP contribution in [0.25, 0.3) is 11.2 Å². The molecule has 1 aromatic carbocycles. The molecule has 1 aliphatic heterocycles. The average molecular weight is 563 g/mol. The normalized spacial score (nSPS) is 29.2. The van der Waals surface area contributed by atoms with Crippen LogP contribution in [0, 0.1) is 11.6 Å². The molecule has 13 heteroatoms. The molecule has 0 spiro atoms. The Morgan fingerprint density at radius 3 is 2.87 bits per heavy atom. The SMILES string of the molecule is CCCSc1nc(NC2C[C@H]2c2ccc(F)c(F)c2)c2nnn([C@]34CC[C@H](OCCO)[C@H]3OC(C)(C)O4)c2n1. The Bertz CT molecular complexity index is 1380. The van der Waals surface area contributed by atoms with Crippen molar-refractivity contribution in [2.45, 2.75) is 87.3 Å². The van der Waals surface area contributed by atoms with Crippen molar-refractivity contribution in [3.8, 4) is 0 Å². The zero-order chi connectivity index (χ0) is 27.4. The van der Waals surface area contributed by atoms with Crippen molar-refractivity contribution < 1.29 is 28.1 Å². The lowest BCUT2D eigenvalue weighted by Gasteiger charge is -2.28. The molecule has 0 radical (unpaired) electrons. The van der Waals surface area contributed by atoms with Gasteiger partial charge in [0.15, 0.2) is 45.3 Å². The Hall–Kier alpha value is -2.45. The molecule has 3 heterocycles. The van der Waals surface area contributed by atoms with E-state index in [2.05, 4.69) is 22.6 Å². The van der Waals surface area contributed by atoms with E-state index in [4.69, 9.17) is 24.2 Å². The van der Waals surface area contributed by atoms with Crippen LogP contribution in [0.5, 0.6) is 0 Å². The Balaban J connectivity index is 1.35. The number of benzene rings is 1. The van der Waals surface area contributed by atoms with Gasteiger partial charge in [0, 0.05) is 24.1 Å². The third-order valence-electron chi connectivity index (χ3n) is 7.38. The lowest BCUT2D eigenvalue weighted by molar-refractivity contribution is -0.192. The number of aromatic nitrogens is 5. The molecule has 2 aliphatic carbocycles. The van der Waals surface area contributed by atoms with E-state index in [0.29, 0.717) is 35.0 Å². The molecular formula is C26H32F2N6O4S. The largest absolute Gasteiger partial charge is 0.394 e. The summed E-state index contributed by atoms with van der Waals surface area (Å²) in [6, 6.07) is 4.02. The van der Waals surface area contributed by atoms with Crippen LogP contribution in [0.4, 0.5) is 14.6 Å². The van der Waals surface area contributed by atoms with Crippen LogP contribution in [0.3, 0.4) is 0 Å². The molecule has 1 saturated heterocycles. The number of aliphatic hydroxyl groups is 1. The van der Waals surface area contributed by atoms with Gasteiger partial charge in [-0.3, -0.25) is 0 Å². The van der Waals surface area contributed by atoms with Crippen LogP contribution in [0.1, 0.15) is 57.9 Å². The van der Waals surface area contributed by atoms with Gasteiger partial charge < -0.3 is 24.6 Å². The number of anilines is 1. The van der Waals surface area contributed by atoms with Crippen molar-refractivity contribution in [1.82, 2.24) is 25.0 Å². The van der Waals surface area contributed by atoms with E-state index in [1.54, 1.807) is 10.7 Å². The first-order valence-corrected chi connectivity index (χ1v) is 14.3. The van der Waals surface area contributed by atoms with E-state index in [9.17, 15) is 13.9 Å². The number of aliphatic hydroxyl groups excluding tert-OH is 1. The van der Waals surface area contributed by atoms with Crippen molar-refractivity contribution in [2.24, 2.45) is 0 Å². The van der Waals surface area contributed by atoms with Crippen LogP contribution in [0.2, 0.25) is 0 Å². The highest BCUT2D eigenvalue weighted by atomic mass is 32.2. The van der Waals surface area contributed by atoms with Crippen LogP contribution in [0.15, 0.2) is 23.4 Å². The van der Waals surface area contributed by atoms with Gasteiger partial charge in [-0.15, -0.1) is 5.10 Å². The number of rotatable bonds is 10. The predicted octanol–water partition coefficient (Wildman–Crippen LogP) is 3.95. The molecule has 3 aromatic rings. The van der Waals surface area contributed by atoms with E-state index in [-0.39, 0.29) is 31.3 Å². The molecule has 210 valence electrons. The zero-order valence-electron chi connectivity index (χ0n) is 22.1. The second kappa shape index (κ2) is 10.2. The second-order valence-corrected chi connectivity index (χ2v) is 11.8. The first-order valence-electron chi connectivity index (χ1n) is 13.3. The van der Waals surface area contributed by atoms with Crippen molar-refractivity contribution in [1.29, 1.82) is 0 Å². The quantitative estimate of drug-likeness (QED) is 0.278. The maximum Gasteiger partial charge on any atom is 0.196 e. The zero-order valence-corrected chi connectivity index (χ0v) is 22.9. The summed E-state index contributed by atoms with van der Waals surface area (Å²) in [6.45, 7) is 5.91. The molecule has 2 saturated carbocycles. The molecular weight excluding hydrogens is 530 g/mol. The number of thioether (sulfide) groups is 1. The maximum absolute atomic E-state index is 13.8. The maximum atomic E-state index is 13.8. The molecule has 0 amide bonds. The molecule has 10 nitrogen and oxygen atoms in total. The molecule has 2 aromatic heterocycles. The number of nitrogens with one attached hydrogen (secondary N) is 1. The van der Waals surface area contributed by atoms with E-state index in [1.807, 2.05) is 13.8 Å². The highest BCUT2D eigenvalue weighted by molar-refractivity contribution is 7.99. The Kier molecular flexibility index (Phi) is 6.99. The highest BCUT2D eigenvalue weighted by Crippen LogP contribution is 2.51. The summed E-state index contributed by atoms with van der Waals surface area (Å²) in [5, 5.41) is 22.3. The summed E-state index contributed by atoms with van der Waals surface area (Å²) in [7, 11) is 0. The minimum absolute atomic E-state index is 0.0132. The van der Waals surface area contributed by atoms with Crippen molar-refractivity contribution in [3.05, 3.63) is 35.4 Å². The average Bonchev–Trinajstić information content (AvgIpc) is 3.25. The van der Waals surface area contributed by atoms with Gasteiger partial charge in [0.1, 0.15) is 6.10 Å². The standard InChI is InChI=1S/C26H32F2N6O4S/c1-4-11-39-24-30-22(29-18-13-15(18)14-5-6-16(27)17(28)12-14)20-23(31-24)34(33-32-20)26-8-7-19(36-10-9-35)21(26)37-25(2,3)38-26/h5-6,12,15,18-19,21,35H,4,7-11,13H2,1-3H3,(H,29,30,31)/t15-,18?,19-,21+,26-/m0/s1. The second-order valence-electron chi connectivity index (χ2n) is 10.7. The van der Waals surface area contributed by atoms with Gasteiger partial charge in [-0.1, -0.05) is 30.0 Å². The third-order valence-corrected chi connectivity index (χ3v) is 8.44. The Labute approximate surface area is 228 Å². The van der Waals surface area contributed by atoms with Crippen LogP contribution < -0.4 is 5.32 Å². The van der Waals surface area contributed by atoms with E-state index in [1.165, 1.54) is 17.8 Å². The molecule has 6 rings (SSSR count). The first-order chi connectivity index (χ1) is 18.7. The summed E-state index contributed by atoms with van der Waals surface area (Å²) in [4.78, 5) is 9.59. The molecule has 0 bridgehead atoms. The minimum Gasteiger partial charge on any atom is -0.394 e. The third kappa shape index (κ3) is 4.88. The molecule has 2 N–H and O–H groups in total. The number of ether oxygens (including phenoxy) is 3. The van der Waals surface area contributed by atoms with Crippen molar-refractivity contribution in [3.63, 3.8) is 0 Å². The lowest BCUT2D eigenvalue weighted by atomic mass is 10.1. The van der Waals surface area contributed by atoms with Crippen molar-refractivity contribution in [2.75, 3.05) is 24.3 Å². The Morgan fingerprint density at radius 2 is 2.10 bits per heavy atom. The van der Waals surface area contributed by atoms with Gasteiger partial charge in [0.2, 0.25) is 0 Å². The molecule has 3 fully saturated rings. The smallest absolute Gasteiger partial charge is 0.196 e. The first kappa shape index (κ1) is 26.8. The van der Waals surface area contributed by atoms with Crippen LogP contribution >= 0.6 is 11.8 Å². The Morgan fingerprint density at radius 1 is 1.26 bits per heavy atom. The van der Waals surface area contributed by atoms with E-state index < -0.39 is 29.3 Å². The van der Waals surface area contributed by atoms with Gasteiger partial charge >= 0.3 is 0 Å². The van der Waals surface area contributed by atoms with Crippen LogP contribution in [-0.2, 0) is 19.9 Å². The fourth-order valence-electron chi connectivity index (χ4n) is 5.66. The molecule has 1 unspecified atom stereocenters. The predicted molar refractivity (Wildman–Crippen MR) is 139 cm³/mol. The highest BCUT2D eigenvalue weighted by Gasteiger charge is 2.63. The number of fused-ring (bicyclic) bond motifs is 2. The van der Waals surface area contributed by atoms with Gasteiger partial charge in [-0.25, -0.2) is 18.7 Å². The fraction of sp³-hybridized carbons (Fsp3) is 0.615. The molecule has 3 aliphatic rings. The number of hydrogen-bond acceptors (Lipinski definition) is 10. The van der Waals surface area contributed by atoms with Crippen LogP contribution in [-0.4, -0.2) is 73.1 Å². The molecule has 5 atom stereocenters. The monoisotopic (exact) mass is 562 g/mol.